The molecule has 0 unspecified atom stereocenters. The summed E-state index contributed by atoms with van der Waals surface area (Å²) in [6, 6.07) is 0.375. The van der Waals surface area contributed by atoms with Crippen molar-refractivity contribution >= 4 is 35.8 Å². The highest BCUT2D eigenvalue weighted by atomic mass is 127. The van der Waals surface area contributed by atoms with E-state index in [0.717, 1.165) is 49.2 Å². The van der Waals surface area contributed by atoms with E-state index in [9.17, 15) is 4.79 Å². The number of hydrogen-bond donors (Lipinski definition) is 3. The number of hydrogen-bond acceptors (Lipinski definition) is 4. The molecule has 1 saturated carbocycles. The van der Waals surface area contributed by atoms with Gasteiger partial charge in [0, 0.05) is 24.6 Å². The number of guanidine groups is 1. The van der Waals surface area contributed by atoms with Crippen molar-refractivity contribution < 1.29 is 9.32 Å². The number of aryl methyl sites for hydroxylation is 2. The molecule has 0 aliphatic heterocycles. The third kappa shape index (κ3) is 6.29. The summed E-state index contributed by atoms with van der Waals surface area (Å²) in [5.41, 5.74) is 2.00. The Labute approximate surface area is 160 Å². The Balaban J connectivity index is 0.00000288. The highest BCUT2D eigenvalue weighted by molar-refractivity contribution is 14.0. The Bertz CT molecular complexity index is 533. The minimum absolute atomic E-state index is 0. The molecule has 1 heterocycles. The Morgan fingerprint density at radius 3 is 2.58 bits per heavy atom. The summed E-state index contributed by atoms with van der Waals surface area (Å²) in [4.78, 5) is 16.3. The van der Waals surface area contributed by atoms with E-state index in [4.69, 9.17) is 4.52 Å². The van der Waals surface area contributed by atoms with E-state index in [1.807, 2.05) is 13.8 Å². The fourth-order valence-corrected chi connectivity index (χ4v) is 2.29. The molecular formula is C16H28IN5O2. The highest BCUT2D eigenvalue weighted by Crippen LogP contribution is 2.18. The third-order valence-electron chi connectivity index (χ3n) is 3.71. The van der Waals surface area contributed by atoms with Gasteiger partial charge in [-0.2, -0.15) is 0 Å². The fraction of sp³-hybridized carbons (Fsp3) is 0.688. The van der Waals surface area contributed by atoms with E-state index in [0.29, 0.717) is 18.5 Å². The number of nitrogens with zero attached hydrogens (tertiary/aromatic N) is 2. The van der Waals surface area contributed by atoms with Crippen LogP contribution in [-0.4, -0.2) is 36.2 Å². The van der Waals surface area contributed by atoms with E-state index < -0.39 is 0 Å². The van der Waals surface area contributed by atoms with E-state index >= 15 is 0 Å². The Morgan fingerprint density at radius 2 is 2.00 bits per heavy atom. The molecule has 7 nitrogen and oxygen atoms in total. The molecule has 1 aromatic rings. The predicted octanol–water partition coefficient (Wildman–Crippen LogP) is 1.75. The molecule has 0 aromatic carbocycles. The molecule has 1 aliphatic rings. The molecule has 0 radical (unpaired) electrons. The van der Waals surface area contributed by atoms with Gasteiger partial charge in [-0.25, -0.2) is 4.99 Å². The van der Waals surface area contributed by atoms with Crippen LogP contribution in [-0.2, 0) is 24.2 Å². The molecule has 0 atom stereocenters. The Hall–Kier alpha value is -1.32. The van der Waals surface area contributed by atoms with Gasteiger partial charge in [-0.05, 0) is 26.2 Å². The number of rotatable bonds is 8. The summed E-state index contributed by atoms with van der Waals surface area (Å²) in [5, 5.41) is 13.3. The standard InChI is InChI=1S/C16H27N5O2.HI/c1-4-13-12(14(5-2)23-21-13)9-18-16(17-6-3)19-10-15(22)20-11-7-8-11;/h11H,4-10H2,1-3H3,(H,20,22)(H2,17,18,19);1H. The number of nitrogens with one attached hydrogen (secondary N) is 3. The predicted molar refractivity (Wildman–Crippen MR) is 105 cm³/mol. The first kappa shape index (κ1) is 20.7. The summed E-state index contributed by atoms with van der Waals surface area (Å²) >= 11 is 0. The molecule has 1 amide bonds. The molecule has 3 N–H and O–H groups in total. The van der Waals surface area contributed by atoms with Crippen LogP contribution in [0.4, 0.5) is 0 Å². The maximum atomic E-state index is 11.8. The summed E-state index contributed by atoms with van der Waals surface area (Å²) in [6.07, 6.45) is 3.80. The van der Waals surface area contributed by atoms with Gasteiger partial charge in [0.05, 0.1) is 18.8 Å². The van der Waals surface area contributed by atoms with Crippen molar-refractivity contribution in [1.82, 2.24) is 21.1 Å². The average molecular weight is 449 g/mol. The molecular weight excluding hydrogens is 421 g/mol. The highest BCUT2D eigenvalue weighted by Gasteiger charge is 2.23. The summed E-state index contributed by atoms with van der Waals surface area (Å²) in [5.74, 6) is 1.52. The smallest absolute Gasteiger partial charge is 0.239 e. The molecule has 136 valence electrons. The first-order valence-corrected chi connectivity index (χ1v) is 8.45. The van der Waals surface area contributed by atoms with Crippen molar-refractivity contribution in [2.75, 3.05) is 13.1 Å². The zero-order chi connectivity index (χ0) is 16.7. The number of carbonyl (C=O) groups excluding carboxylic acids is 1. The molecule has 0 saturated heterocycles. The monoisotopic (exact) mass is 449 g/mol. The van der Waals surface area contributed by atoms with E-state index in [1.54, 1.807) is 0 Å². The van der Waals surface area contributed by atoms with Crippen LogP contribution in [0, 0.1) is 0 Å². The number of carbonyl (C=O) groups is 1. The number of amides is 1. The van der Waals surface area contributed by atoms with Crippen molar-refractivity contribution in [3.63, 3.8) is 0 Å². The first-order chi connectivity index (χ1) is 11.2. The lowest BCUT2D eigenvalue weighted by Crippen LogP contribution is -2.43. The lowest BCUT2D eigenvalue weighted by atomic mass is 10.1. The van der Waals surface area contributed by atoms with Gasteiger partial charge in [-0.15, -0.1) is 24.0 Å². The van der Waals surface area contributed by atoms with Crippen molar-refractivity contribution in [3.8, 4) is 0 Å². The van der Waals surface area contributed by atoms with Gasteiger partial charge in [0.2, 0.25) is 5.91 Å². The van der Waals surface area contributed by atoms with Crippen LogP contribution in [0.15, 0.2) is 9.52 Å². The fourth-order valence-electron chi connectivity index (χ4n) is 2.29. The van der Waals surface area contributed by atoms with Gasteiger partial charge >= 0.3 is 0 Å². The SMILES string of the molecule is CCNC(=NCc1c(CC)noc1CC)NCC(=O)NC1CC1.I. The summed E-state index contributed by atoms with van der Waals surface area (Å²) < 4.78 is 5.35. The molecule has 1 aromatic heterocycles. The summed E-state index contributed by atoms with van der Waals surface area (Å²) in [6.45, 7) is 7.55. The van der Waals surface area contributed by atoms with Crippen LogP contribution in [0.25, 0.3) is 0 Å². The normalized spacial score (nSPS) is 14.0. The molecule has 24 heavy (non-hydrogen) atoms. The van der Waals surface area contributed by atoms with E-state index in [2.05, 4.69) is 33.0 Å². The lowest BCUT2D eigenvalue weighted by molar-refractivity contribution is -0.120. The first-order valence-electron chi connectivity index (χ1n) is 8.45. The van der Waals surface area contributed by atoms with Crippen LogP contribution < -0.4 is 16.0 Å². The number of aliphatic imine (C=N–C) groups is 1. The van der Waals surface area contributed by atoms with Crippen LogP contribution in [0.3, 0.4) is 0 Å². The second-order valence-electron chi connectivity index (χ2n) is 5.63. The van der Waals surface area contributed by atoms with E-state index in [1.165, 1.54) is 0 Å². The van der Waals surface area contributed by atoms with Crippen LogP contribution in [0.1, 0.15) is 50.6 Å². The number of aromatic nitrogens is 1. The minimum atomic E-state index is 0. The maximum absolute atomic E-state index is 11.8. The second-order valence-corrected chi connectivity index (χ2v) is 5.63. The zero-order valence-corrected chi connectivity index (χ0v) is 17.0. The Morgan fingerprint density at radius 1 is 1.25 bits per heavy atom. The molecule has 1 fully saturated rings. The minimum Gasteiger partial charge on any atom is -0.361 e. The van der Waals surface area contributed by atoms with Crippen LogP contribution >= 0.6 is 24.0 Å². The number of halogens is 1. The van der Waals surface area contributed by atoms with E-state index in [-0.39, 0.29) is 36.4 Å². The molecule has 0 spiro atoms. The van der Waals surface area contributed by atoms with Crippen LogP contribution in [0.5, 0.6) is 0 Å². The molecule has 8 heteroatoms. The van der Waals surface area contributed by atoms with Crippen molar-refractivity contribution in [2.45, 2.75) is 59.0 Å². The Kier molecular flexibility index (Phi) is 9.09. The van der Waals surface area contributed by atoms with Crippen LogP contribution in [0.2, 0.25) is 0 Å². The lowest BCUT2D eigenvalue weighted by Gasteiger charge is -2.11. The quantitative estimate of drug-likeness (QED) is 0.320. The maximum Gasteiger partial charge on any atom is 0.239 e. The summed E-state index contributed by atoms with van der Waals surface area (Å²) in [7, 11) is 0. The molecule has 1 aliphatic carbocycles. The largest absolute Gasteiger partial charge is 0.361 e. The second kappa shape index (κ2) is 10.5. The molecule has 0 bridgehead atoms. The van der Waals surface area contributed by atoms with Gasteiger partial charge in [-0.3, -0.25) is 4.79 Å². The molecule has 2 rings (SSSR count). The van der Waals surface area contributed by atoms with Gasteiger partial charge in [0.1, 0.15) is 5.76 Å². The van der Waals surface area contributed by atoms with Crippen molar-refractivity contribution in [3.05, 3.63) is 17.0 Å². The van der Waals surface area contributed by atoms with Crippen molar-refractivity contribution in [1.29, 1.82) is 0 Å². The van der Waals surface area contributed by atoms with Gasteiger partial charge in [0.15, 0.2) is 5.96 Å². The zero-order valence-electron chi connectivity index (χ0n) is 14.6. The van der Waals surface area contributed by atoms with Gasteiger partial charge in [0.25, 0.3) is 0 Å². The van der Waals surface area contributed by atoms with Gasteiger partial charge < -0.3 is 20.5 Å². The van der Waals surface area contributed by atoms with Crippen molar-refractivity contribution in [2.24, 2.45) is 4.99 Å². The topological polar surface area (TPSA) is 91.6 Å². The average Bonchev–Trinajstić information content (AvgIpc) is 3.27. The van der Waals surface area contributed by atoms with Gasteiger partial charge in [-0.1, -0.05) is 19.0 Å². The third-order valence-corrected chi connectivity index (χ3v) is 3.71.